The molecule has 1 amide bonds. The SMILES string of the molecule is O=C(NCC#Cc1ccccc1)c1sccc1OC(F)F. The van der Waals surface area contributed by atoms with Crippen molar-refractivity contribution in [3.8, 4) is 17.6 Å². The number of ether oxygens (including phenoxy) is 1. The fourth-order valence-electron chi connectivity index (χ4n) is 1.52. The molecular formula is C15H11F2NO2S. The highest BCUT2D eigenvalue weighted by Crippen LogP contribution is 2.26. The Labute approximate surface area is 124 Å². The van der Waals surface area contributed by atoms with Crippen LogP contribution in [0.25, 0.3) is 0 Å². The van der Waals surface area contributed by atoms with Crippen molar-refractivity contribution in [3.63, 3.8) is 0 Å². The topological polar surface area (TPSA) is 38.3 Å². The van der Waals surface area contributed by atoms with Crippen LogP contribution in [-0.2, 0) is 0 Å². The summed E-state index contributed by atoms with van der Waals surface area (Å²) in [4.78, 5) is 11.9. The second kappa shape index (κ2) is 7.41. The van der Waals surface area contributed by atoms with Crippen LogP contribution in [0.3, 0.4) is 0 Å². The Morgan fingerprint density at radius 2 is 2.05 bits per heavy atom. The van der Waals surface area contributed by atoms with E-state index in [9.17, 15) is 13.6 Å². The Kier molecular flexibility index (Phi) is 5.29. The highest BCUT2D eigenvalue weighted by atomic mass is 32.1. The van der Waals surface area contributed by atoms with E-state index in [1.165, 1.54) is 11.4 Å². The lowest BCUT2D eigenvalue weighted by atomic mass is 10.2. The number of rotatable bonds is 4. The molecule has 2 aromatic rings. The maximum atomic E-state index is 12.2. The molecule has 0 bridgehead atoms. The van der Waals surface area contributed by atoms with E-state index in [2.05, 4.69) is 21.9 Å². The summed E-state index contributed by atoms with van der Waals surface area (Å²) in [7, 11) is 0. The van der Waals surface area contributed by atoms with E-state index in [0.717, 1.165) is 16.9 Å². The summed E-state index contributed by atoms with van der Waals surface area (Å²) < 4.78 is 28.6. The minimum absolute atomic E-state index is 0.108. The van der Waals surface area contributed by atoms with Crippen molar-refractivity contribution in [2.75, 3.05) is 6.54 Å². The van der Waals surface area contributed by atoms with E-state index in [4.69, 9.17) is 0 Å². The van der Waals surface area contributed by atoms with Gasteiger partial charge >= 0.3 is 6.61 Å². The molecular weight excluding hydrogens is 296 g/mol. The van der Waals surface area contributed by atoms with Gasteiger partial charge in [-0.05, 0) is 23.6 Å². The van der Waals surface area contributed by atoms with Crippen LogP contribution in [0.2, 0.25) is 0 Å². The van der Waals surface area contributed by atoms with Gasteiger partial charge in [-0.1, -0.05) is 30.0 Å². The van der Waals surface area contributed by atoms with Crippen molar-refractivity contribution in [2.24, 2.45) is 0 Å². The molecule has 0 radical (unpaired) electrons. The quantitative estimate of drug-likeness (QED) is 0.881. The Bertz CT molecular complexity index is 659. The predicted octanol–water partition coefficient (Wildman–Crippen LogP) is 3.13. The largest absolute Gasteiger partial charge is 0.433 e. The molecule has 1 aromatic carbocycles. The van der Waals surface area contributed by atoms with E-state index < -0.39 is 12.5 Å². The van der Waals surface area contributed by atoms with Gasteiger partial charge < -0.3 is 10.1 Å². The Morgan fingerprint density at radius 1 is 1.29 bits per heavy atom. The van der Waals surface area contributed by atoms with Crippen LogP contribution >= 0.6 is 11.3 Å². The maximum absolute atomic E-state index is 12.2. The minimum Gasteiger partial charge on any atom is -0.433 e. The number of thiophene rings is 1. The summed E-state index contributed by atoms with van der Waals surface area (Å²) in [5, 5.41) is 4.06. The van der Waals surface area contributed by atoms with Crippen molar-refractivity contribution in [2.45, 2.75) is 6.61 Å². The second-order valence-corrected chi connectivity index (χ2v) is 4.76. The number of halogens is 2. The number of nitrogens with one attached hydrogen (secondary N) is 1. The fourth-order valence-corrected chi connectivity index (χ4v) is 2.26. The number of benzene rings is 1. The van der Waals surface area contributed by atoms with Gasteiger partial charge in [-0.2, -0.15) is 8.78 Å². The van der Waals surface area contributed by atoms with Crippen LogP contribution in [0.15, 0.2) is 41.8 Å². The predicted molar refractivity (Wildman–Crippen MR) is 76.6 cm³/mol. The molecule has 0 atom stereocenters. The van der Waals surface area contributed by atoms with Crippen molar-refractivity contribution < 1.29 is 18.3 Å². The molecule has 0 aliphatic heterocycles. The van der Waals surface area contributed by atoms with Crippen molar-refractivity contribution in [1.82, 2.24) is 5.32 Å². The number of hydrogen-bond donors (Lipinski definition) is 1. The van der Waals surface area contributed by atoms with Gasteiger partial charge in [-0.25, -0.2) is 0 Å². The normalized spacial score (nSPS) is 9.86. The van der Waals surface area contributed by atoms with E-state index in [1.807, 2.05) is 30.3 Å². The van der Waals surface area contributed by atoms with Crippen molar-refractivity contribution >= 4 is 17.2 Å². The lowest BCUT2D eigenvalue weighted by Crippen LogP contribution is -2.23. The van der Waals surface area contributed by atoms with Crippen LogP contribution in [0, 0.1) is 11.8 Å². The molecule has 0 aliphatic carbocycles. The Balaban J connectivity index is 1.91. The monoisotopic (exact) mass is 307 g/mol. The van der Waals surface area contributed by atoms with Gasteiger partial charge in [0.2, 0.25) is 0 Å². The van der Waals surface area contributed by atoms with E-state index in [1.54, 1.807) is 0 Å². The molecule has 0 saturated heterocycles. The van der Waals surface area contributed by atoms with Crippen LogP contribution in [0.1, 0.15) is 15.2 Å². The van der Waals surface area contributed by atoms with Gasteiger partial charge in [0.15, 0.2) is 0 Å². The maximum Gasteiger partial charge on any atom is 0.387 e. The van der Waals surface area contributed by atoms with Crippen molar-refractivity contribution in [1.29, 1.82) is 0 Å². The first-order valence-electron chi connectivity index (χ1n) is 6.01. The van der Waals surface area contributed by atoms with Gasteiger partial charge in [-0.15, -0.1) is 11.3 Å². The third-order valence-electron chi connectivity index (χ3n) is 2.40. The van der Waals surface area contributed by atoms with Crippen LogP contribution in [0.4, 0.5) is 8.78 Å². The third-order valence-corrected chi connectivity index (χ3v) is 3.29. The highest BCUT2D eigenvalue weighted by molar-refractivity contribution is 7.12. The molecule has 0 spiro atoms. The summed E-state index contributed by atoms with van der Waals surface area (Å²) in [6, 6.07) is 10.6. The smallest absolute Gasteiger partial charge is 0.387 e. The van der Waals surface area contributed by atoms with Crippen LogP contribution in [-0.4, -0.2) is 19.1 Å². The molecule has 1 N–H and O–H groups in total. The van der Waals surface area contributed by atoms with E-state index in [0.29, 0.717) is 0 Å². The first-order chi connectivity index (χ1) is 10.2. The number of hydrogen-bond acceptors (Lipinski definition) is 3. The first-order valence-corrected chi connectivity index (χ1v) is 6.89. The van der Waals surface area contributed by atoms with Gasteiger partial charge in [0.05, 0.1) is 6.54 Å². The molecule has 0 fully saturated rings. The lowest BCUT2D eigenvalue weighted by Gasteiger charge is -2.05. The summed E-state index contributed by atoms with van der Waals surface area (Å²) in [6.07, 6.45) is 0. The highest BCUT2D eigenvalue weighted by Gasteiger charge is 2.16. The molecule has 0 saturated carbocycles. The number of alkyl halides is 2. The molecule has 1 aromatic heterocycles. The molecule has 108 valence electrons. The average Bonchev–Trinajstić information content (AvgIpc) is 2.92. The molecule has 6 heteroatoms. The standard InChI is InChI=1S/C15H11F2NO2S/c16-15(17)20-12-8-10-21-13(12)14(19)18-9-4-7-11-5-2-1-3-6-11/h1-3,5-6,8,10,15H,9H2,(H,18,19). The summed E-state index contributed by atoms with van der Waals surface area (Å²) >= 11 is 1.04. The van der Waals surface area contributed by atoms with Gasteiger partial charge in [0.25, 0.3) is 5.91 Å². The Hall–Kier alpha value is -2.39. The fraction of sp³-hybridized carbons (Fsp3) is 0.133. The van der Waals surface area contributed by atoms with Gasteiger partial charge in [0.1, 0.15) is 10.6 Å². The summed E-state index contributed by atoms with van der Waals surface area (Å²) in [6.45, 7) is -2.83. The van der Waals surface area contributed by atoms with Crippen molar-refractivity contribution in [3.05, 3.63) is 52.2 Å². The zero-order valence-corrected chi connectivity index (χ0v) is 11.6. The van der Waals surface area contributed by atoms with Gasteiger partial charge in [0, 0.05) is 5.56 Å². The zero-order valence-electron chi connectivity index (χ0n) is 10.8. The molecule has 3 nitrogen and oxygen atoms in total. The first kappa shape index (κ1) is 15.0. The zero-order chi connectivity index (χ0) is 15.1. The van der Waals surface area contributed by atoms with Crippen LogP contribution < -0.4 is 10.1 Å². The average molecular weight is 307 g/mol. The van der Waals surface area contributed by atoms with E-state index in [-0.39, 0.29) is 17.2 Å². The van der Waals surface area contributed by atoms with Crippen LogP contribution in [0.5, 0.6) is 5.75 Å². The molecule has 21 heavy (non-hydrogen) atoms. The van der Waals surface area contributed by atoms with E-state index >= 15 is 0 Å². The number of amides is 1. The third kappa shape index (κ3) is 4.58. The number of carbonyl (C=O) groups excluding carboxylic acids is 1. The lowest BCUT2D eigenvalue weighted by molar-refractivity contribution is -0.0498. The minimum atomic E-state index is -2.95. The molecule has 0 aliphatic rings. The summed E-state index contributed by atoms with van der Waals surface area (Å²) in [5.74, 6) is 5.06. The molecule has 2 rings (SSSR count). The second-order valence-electron chi connectivity index (χ2n) is 3.84. The molecule has 0 unspecified atom stereocenters. The molecule has 1 heterocycles. The van der Waals surface area contributed by atoms with Gasteiger partial charge in [-0.3, -0.25) is 4.79 Å². The Morgan fingerprint density at radius 3 is 2.76 bits per heavy atom. The summed E-state index contributed by atoms with van der Waals surface area (Å²) in [5.41, 5.74) is 0.838. The number of carbonyl (C=O) groups is 1.